The number of amides is 3. The summed E-state index contributed by atoms with van der Waals surface area (Å²) >= 11 is 0. The maximum Gasteiger partial charge on any atom is 0.271 e. The number of rotatable bonds is 8. The maximum atomic E-state index is 13.3. The van der Waals surface area contributed by atoms with Crippen molar-refractivity contribution in [2.45, 2.75) is 52.2 Å². The minimum atomic E-state index is -0.520. The number of aromatic amines is 1. The van der Waals surface area contributed by atoms with Crippen molar-refractivity contribution in [2.24, 2.45) is 0 Å². The summed E-state index contributed by atoms with van der Waals surface area (Å²) in [4.78, 5) is 42.7. The van der Waals surface area contributed by atoms with E-state index in [-0.39, 0.29) is 35.6 Å². The molecule has 3 amide bonds. The number of halogens is 1. The lowest BCUT2D eigenvalue weighted by Gasteiger charge is -2.32. The van der Waals surface area contributed by atoms with Crippen molar-refractivity contribution < 1.29 is 28.6 Å². The molecule has 4 N–H and O–H groups in total. The van der Waals surface area contributed by atoms with Crippen LogP contribution in [0.3, 0.4) is 0 Å². The van der Waals surface area contributed by atoms with Gasteiger partial charge in [-0.15, -0.1) is 0 Å². The van der Waals surface area contributed by atoms with E-state index in [1.54, 1.807) is 11.0 Å². The van der Waals surface area contributed by atoms with E-state index >= 15 is 0 Å². The molecule has 3 aromatic rings. The molecule has 1 aromatic heterocycles. The second-order valence-corrected chi connectivity index (χ2v) is 9.65. The summed E-state index contributed by atoms with van der Waals surface area (Å²) in [5.74, 6) is -1.04. The molecule has 0 atom stereocenters. The van der Waals surface area contributed by atoms with Crippen molar-refractivity contribution in [3.05, 3.63) is 59.0 Å². The number of aromatic nitrogens is 1. The predicted molar refractivity (Wildman–Crippen MR) is 142 cm³/mol. The van der Waals surface area contributed by atoms with Crippen molar-refractivity contribution in [1.29, 1.82) is 0 Å². The van der Waals surface area contributed by atoms with Gasteiger partial charge in [-0.2, -0.15) is 0 Å². The highest BCUT2D eigenvalue weighted by Gasteiger charge is 2.27. The first kappa shape index (κ1) is 27.1. The number of aliphatic hydroxyl groups excluding tert-OH is 1. The van der Waals surface area contributed by atoms with Crippen LogP contribution in [-0.4, -0.2) is 64.6 Å². The number of carbonyl (C=O) groups is 3. The quantitative estimate of drug-likeness (QED) is 0.358. The summed E-state index contributed by atoms with van der Waals surface area (Å²) in [5.41, 5.74) is 2.75. The Labute approximate surface area is 220 Å². The minimum absolute atomic E-state index is 0.125. The zero-order chi connectivity index (χ0) is 27.4. The number of H-pyrrole nitrogens is 1. The van der Waals surface area contributed by atoms with Crippen LogP contribution in [0.4, 0.5) is 10.1 Å². The number of hydrogen-bond donors (Lipinski definition) is 4. The van der Waals surface area contributed by atoms with E-state index in [1.165, 1.54) is 24.3 Å². The Balaban J connectivity index is 1.61. The Kier molecular flexibility index (Phi) is 8.31. The molecular weight excluding hydrogens is 491 g/mol. The van der Waals surface area contributed by atoms with Gasteiger partial charge in [0.25, 0.3) is 11.8 Å². The SMILES string of the molecule is CCc1cc2[nH]c(C(=O)NC3CCN(C(=O)CO)CC3)c(OC(C)C)c2cc1NC(=O)c1ccc(F)cc1. The van der Waals surface area contributed by atoms with Gasteiger partial charge in [-0.1, -0.05) is 6.92 Å². The van der Waals surface area contributed by atoms with Gasteiger partial charge in [0.2, 0.25) is 5.91 Å². The van der Waals surface area contributed by atoms with E-state index in [9.17, 15) is 18.8 Å². The van der Waals surface area contributed by atoms with Gasteiger partial charge in [0, 0.05) is 35.8 Å². The average molecular weight is 525 g/mol. The van der Waals surface area contributed by atoms with E-state index in [4.69, 9.17) is 9.84 Å². The Morgan fingerprint density at radius 1 is 1.13 bits per heavy atom. The van der Waals surface area contributed by atoms with Gasteiger partial charge in [-0.05, 0) is 75.1 Å². The highest BCUT2D eigenvalue weighted by Crippen LogP contribution is 2.35. The van der Waals surface area contributed by atoms with Gasteiger partial charge in [0.05, 0.1) is 11.6 Å². The van der Waals surface area contributed by atoms with Crippen molar-refractivity contribution >= 4 is 34.3 Å². The molecule has 0 bridgehead atoms. The Morgan fingerprint density at radius 2 is 1.82 bits per heavy atom. The van der Waals surface area contributed by atoms with Gasteiger partial charge in [0.15, 0.2) is 5.75 Å². The monoisotopic (exact) mass is 524 g/mol. The molecule has 0 saturated carbocycles. The van der Waals surface area contributed by atoms with Gasteiger partial charge in [-0.3, -0.25) is 14.4 Å². The molecule has 0 aliphatic carbocycles. The van der Waals surface area contributed by atoms with E-state index in [0.29, 0.717) is 60.3 Å². The molecule has 9 nitrogen and oxygen atoms in total. The van der Waals surface area contributed by atoms with Crippen LogP contribution < -0.4 is 15.4 Å². The zero-order valence-electron chi connectivity index (χ0n) is 21.8. The van der Waals surface area contributed by atoms with Crippen LogP contribution in [0.25, 0.3) is 10.9 Å². The first-order valence-electron chi connectivity index (χ1n) is 12.8. The third kappa shape index (κ3) is 5.96. The van der Waals surface area contributed by atoms with Crippen molar-refractivity contribution in [3.63, 3.8) is 0 Å². The summed E-state index contributed by atoms with van der Waals surface area (Å²) in [6.45, 7) is 6.10. The number of nitrogens with zero attached hydrogens (tertiary/aromatic N) is 1. The molecule has 0 unspecified atom stereocenters. The molecule has 202 valence electrons. The normalized spacial score (nSPS) is 14.1. The van der Waals surface area contributed by atoms with Crippen LogP contribution >= 0.6 is 0 Å². The van der Waals surface area contributed by atoms with E-state index in [2.05, 4.69) is 15.6 Å². The number of benzene rings is 2. The molecule has 1 fully saturated rings. The summed E-state index contributed by atoms with van der Waals surface area (Å²) in [7, 11) is 0. The lowest BCUT2D eigenvalue weighted by Crippen LogP contribution is -2.47. The second kappa shape index (κ2) is 11.6. The number of aliphatic hydroxyl groups is 1. The second-order valence-electron chi connectivity index (χ2n) is 9.65. The molecular formula is C28H33FN4O5. The molecule has 0 radical (unpaired) electrons. The third-order valence-electron chi connectivity index (χ3n) is 6.61. The number of likely N-dealkylation sites (tertiary alicyclic amines) is 1. The number of piperidine rings is 1. The predicted octanol–water partition coefficient (Wildman–Crippen LogP) is 3.62. The Morgan fingerprint density at radius 3 is 2.42 bits per heavy atom. The van der Waals surface area contributed by atoms with Gasteiger partial charge < -0.3 is 30.4 Å². The maximum absolute atomic E-state index is 13.3. The number of fused-ring (bicyclic) bond motifs is 1. The zero-order valence-corrected chi connectivity index (χ0v) is 21.8. The van der Waals surface area contributed by atoms with Crippen molar-refractivity contribution in [1.82, 2.24) is 15.2 Å². The first-order chi connectivity index (χ1) is 18.2. The molecule has 1 saturated heterocycles. The average Bonchev–Trinajstić information content (AvgIpc) is 3.25. The molecule has 38 heavy (non-hydrogen) atoms. The largest absolute Gasteiger partial charge is 0.488 e. The van der Waals surface area contributed by atoms with E-state index < -0.39 is 12.4 Å². The fourth-order valence-corrected chi connectivity index (χ4v) is 4.62. The Hall–Kier alpha value is -3.92. The minimum Gasteiger partial charge on any atom is -0.488 e. The molecule has 1 aliphatic heterocycles. The first-order valence-corrected chi connectivity index (χ1v) is 12.8. The van der Waals surface area contributed by atoms with Gasteiger partial charge in [-0.25, -0.2) is 4.39 Å². The fourth-order valence-electron chi connectivity index (χ4n) is 4.62. The lowest BCUT2D eigenvalue weighted by molar-refractivity contribution is -0.135. The summed E-state index contributed by atoms with van der Waals surface area (Å²) in [6, 6.07) is 8.87. The van der Waals surface area contributed by atoms with Crippen LogP contribution in [0, 0.1) is 5.82 Å². The smallest absolute Gasteiger partial charge is 0.271 e. The van der Waals surface area contributed by atoms with Crippen LogP contribution in [0.15, 0.2) is 36.4 Å². The highest BCUT2D eigenvalue weighted by atomic mass is 19.1. The molecule has 10 heteroatoms. The highest BCUT2D eigenvalue weighted by molar-refractivity contribution is 6.08. The number of hydrogen-bond acceptors (Lipinski definition) is 5. The summed E-state index contributed by atoms with van der Waals surface area (Å²) in [6.07, 6.45) is 1.58. The fraction of sp³-hybridized carbons (Fsp3) is 0.393. The molecule has 4 rings (SSSR count). The number of aryl methyl sites for hydroxylation is 1. The van der Waals surface area contributed by atoms with Crippen LogP contribution in [0.2, 0.25) is 0 Å². The van der Waals surface area contributed by atoms with Crippen molar-refractivity contribution in [2.75, 3.05) is 25.0 Å². The number of ether oxygens (including phenoxy) is 1. The summed E-state index contributed by atoms with van der Waals surface area (Å²) < 4.78 is 19.4. The molecule has 1 aliphatic rings. The molecule has 2 heterocycles. The molecule has 0 spiro atoms. The Bertz CT molecular complexity index is 1330. The van der Waals surface area contributed by atoms with E-state index in [1.807, 2.05) is 26.8 Å². The van der Waals surface area contributed by atoms with Crippen LogP contribution in [-0.2, 0) is 11.2 Å². The van der Waals surface area contributed by atoms with Gasteiger partial charge in [0.1, 0.15) is 18.1 Å². The number of nitrogens with one attached hydrogen (secondary N) is 3. The van der Waals surface area contributed by atoms with Gasteiger partial charge >= 0.3 is 0 Å². The standard InChI is InChI=1S/C28H33FN4O5/c1-4-17-13-23-21(14-22(17)32-27(36)18-5-7-19(29)8-6-18)26(38-16(2)3)25(31-23)28(37)30-20-9-11-33(12-10-20)24(35)15-34/h5-8,13-14,16,20,31,34H,4,9-12,15H2,1-3H3,(H,30,37)(H,32,36). The summed E-state index contributed by atoms with van der Waals surface area (Å²) in [5, 5.41) is 15.7. The number of anilines is 1. The number of carbonyl (C=O) groups excluding carboxylic acids is 3. The molecule has 2 aromatic carbocycles. The van der Waals surface area contributed by atoms with Crippen LogP contribution in [0.5, 0.6) is 5.75 Å². The van der Waals surface area contributed by atoms with E-state index in [0.717, 1.165) is 5.56 Å². The van der Waals surface area contributed by atoms with Crippen LogP contribution in [0.1, 0.15) is 60.0 Å². The third-order valence-corrected chi connectivity index (χ3v) is 6.61. The van der Waals surface area contributed by atoms with Crippen molar-refractivity contribution in [3.8, 4) is 5.75 Å². The topological polar surface area (TPSA) is 124 Å². The lowest BCUT2D eigenvalue weighted by atomic mass is 10.0.